The Hall–Kier alpha value is -2.46. The monoisotopic (exact) mass is 481 g/mol. The second-order valence-electron chi connectivity index (χ2n) is 8.89. The van der Waals surface area contributed by atoms with Crippen LogP contribution in [0.2, 0.25) is 0 Å². The van der Waals surface area contributed by atoms with E-state index in [1.807, 2.05) is 18.2 Å². The Morgan fingerprint density at radius 1 is 1.21 bits per heavy atom. The van der Waals surface area contributed by atoms with E-state index in [0.29, 0.717) is 10.8 Å². The van der Waals surface area contributed by atoms with Gasteiger partial charge in [-0.2, -0.15) is 5.26 Å². The van der Waals surface area contributed by atoms with Gasteiger partial charge in [-0.3, -0.25) is 0 Å². The van der Waals surface area contributed by atoms with Crippen molar-refractivity contribution in [3.8, 4) is 6.07 Å². The number of rotatable bonds is 13. The van der Waals surface area contributed by atoms with Crippen LogP contribution in [0.5, 0.6) is 0 Å². The smallest absolute Gasteiger partial charge is 0.348 e. The first-order valence-corrected chi connectivity index (χ1v) is 13.2. The zero-order valence-electron chi connectivity index (χ0n) is 20.0. The van der Waals surface area contributed by atoms with Crippen molar-refractivity contribution in [2.75, 3.05) is 13.2 Å². The molecular formula is C28H35NO4S. The predicted molar refractivity (Wildman–Crippen MR) is 135 cm³/mol. The Balaban J connectivity index is 1.59. The van der Waals surface area contributed by atoms with E-state index in [1.165, 1.54) is 11.3 Å². The van der Waals surface area contributed by atoms with Crippen molar-refractivity contribution in [2.24, 2.45) is 5.92 Å². The van der Waals surface area contributed by atoms with Gasteiger partial charge in [0.25, 0.3) is 0 Å². The second-order valence-corrected chi connectivity index (χ2v) is 10.1. The van der Waals surface area contributed by atoms with Crippen molar-refractivity contribution in [1.29, 1.82) is 5.26 Å². The number of aliphatic hydroxyl groups is 2. The number of benzene rings is 1. The van der Waals surface area contributed by atoms with Crippen LogP contribution in [0.4, 0.5) is 0 Å². The zero-order chi connectivity index (χ0) is 24.3. The van der Waals surface area contributed by atoms with Gasteiger partial charge in [0.05, 0.1) is 18.8 Å². The van der Waals surface area contributed by atoms with E-state index in [2.05, 4.69) is 25.1 Å². The van der Waals surface area contributed by atoms with Crippen molar-refractivity contribution in [3.63, 3.8) is 0 Å². The molecular weight excluding hydrogens is 446 g/mol. The highest BCUT2D eigenvalue weighted by molar-refractivity contribution is 7.13. The topological polar surface area (TPSA) is 90.5 Å². The Kier molecular flexibility index (Phi) is 10.3. The van der Waals surface area contributed by atoms with Crippen molar-refractivity contribution in [1.82, 2.24) is 0 Å². The van der Waals surface area contributed by atoms with Crippen molar-refractivity contribution >= 4 is 22.9 Å². The molecule has 0 amide bonds. The fourth-order valence-electron chi connectivity index (χ4n) is 4.65. The van der Waals surface area contributed by atoms with E-state index in [0.717, 1.165) is 84.9 Å². The molecule has 0 fully saturated rings. The number of carbonyl (C=O) groups excluding carboxylic acids is 1. The van der Waals surface area contributed by atoms with E-state index in [9.17, 15) is 15.2 Å². The molecule has 34 heavy (non-hydrogen) atoms. The van der Waals surface area contributed by atoms with E-state index in [4.69, 9.17) is 9.84 Å². The lowest BCUT2D eigenvalue weighted by atomic mass is 9.88. The molecule has 1 aliphatic rings. The summed E-state index contributed by atoms with van der Waals surface area (Å²) in [5.74, 6) is -0.0344. The average Bonchev–Trinajstić information content (AvgIpc) is 3.50. The number of allylic oxidation sites excluding steroid dienone is 2. The van der Waals surface area contributed by atoms with Crippen molar-refractivity contribution < 1.29 is 19.7 Å². The SMILES string of the molecule is CCCCC[C@H](O)c1ccc(C2=C(C#N)CCC2CCCc2ccc(C(=O)OCCO)s2)cc1. The summed E-state index contributed by atoms with van der Waals surface area (Å²) >= 11 is 1.44. The molecule has 2 N–H and O–H groups in total. The Labute approximate surface area is 206 Å². The molecule has 182 valence electrons. The number of nitrogens with zero attached hydrogens (tertiary/aromatic N) is 1. The first-order valence-electron chi connectivity index (χ1n) is 12.4. The average molecular weight is 482 g/mol. The Morgan fingerprint density at radius 2 is 2.00 bits per heavy atom. The number of unbranched alkanes of at least 4 members (excludes halogenated alkanes) is 2. The van der Waals surface area contributed by atoms with Gasteiger partial charge in [-0.15, -0.1) is 11.3 Å². The van der Waals surface area contributed by atoms with Crippen LogP contribution in [0.15, 0.2) is 42.0 Å². The molecule has 0 saturated heterocycles. The van der Waals surface area contributed by atoms with Crippen molar-refractivity contribution in [3.05, 3.63) is 62.9 Å². The fraction of sp³-hybridized carbons (Fsp3) is 0.500. The number of nitriles is 1. The lowest BCUT2D eigenvalue weighted by Crippen LogP contribution is -2.06. The van der Waals surface area contributed by atoms with Gasteiger partial charge in [0.15, 0.2) is 0 Å². The molecule has 2 aromatic rings. The summed E-state index contributed by atoms with van der Waals surface area (Å²) in [6, 6.07) is 14.3. The molecule has 0 saturated carbocycles. The summed E-state index contributed by atoms with van der Waals surface area (Å²) in [6.07, 6.45) is 8.32. The van der Waals surface area contributed by atoms with Gasteiger partial charge in [-0.05, 0) is 73.3 Å². The van der Waals surface area contributed by atoms with Gasteiger partial charge in [-0.1, -0.05) is 50.5 Å². The molecule has 0 spiro atoms. The van der Waals surface area contributed by atoms with Crippen LogP contribution >= 0.6 is 11.3 Å². The predicted octanol–water partition coefficient (Wildman–Crippen LogP) is 6.22. The highest BCUT2D eigenvalue weighted by atomic mass is 32.1. The lowest BCUT2D eigenvalue weighted by Gasteiger charge is -2.17. The summed E-state index contributed by atoms with van der Waals surface area (Å²) in [5, 5.41) is 28.9. The molecule has 1 heterocycles. The van der Waals surface area contributed by atoms with Crippen LogP contribution in [0, 0.1) is 17.2 Å². The maximum Gasteiger partial charge on any atom is 0.348 e. The summed E-state index contributed by atoms with van der Waals surface area (Å²) in [7, 11) is 0. The number of carbonyl (C=O) groups is 1. The van der Waals surface area contributed by atoms with Crippen LogP contribution in [-0.4, -0.2) is 29.4 Å². The molecule has 5 nitrogen and oxygen atoms in total. The van der Waals surface area contributed by atoms with Gasteiger partial charge < -0.3 is 14.9 Å². The molecule has 3 rings (SSSR count). The molecule has 2 atom stereocenters. The van der Waals surface area contributed by atoms with Gasteiger partial charge in [0.2, 0.25) is 0 Å². The third-order valence-electron chi connectivity index (χ3n) is 6.46. The number of aliphatic hydroxyl groups excluding tert-OH is 2. The molecule has 1 aliphatic carbocycles. The van der Waals surface area contributed by atoms with E-state index in [1.54, 1.807) is 6.07 Å². The zero-order valence-corrected chi connectivity index (χ0v) is 20.8. The summed E-state index contributed by atoms with van der Waals surface area (Å²) in [5.41, 5.74) is 4.08. The summed E-state index contributed by atoms with van der Waals surface area (Å²) in [4.78, 5) is 13.6. The number of esters is 1. The maximum absolute atomic E-state index is 11.9. The van der Waals surface area contributed by atoms with Gasteiger partial charge in [0.1, 0.15) is 11.5 Å². The Bertz CT molecular complexity index is 1000. The van der Waals surface area contributed by atoms with E-state index >= 15 is 0 Å². The Morgan fingerprint density at radius 3 is 2.71 bits per heavy atom. The fourth-order valence-corrected chi connectivity index (χ4v) is 5.60. The number of ether oxygens (including phenoxy) is 1. The second kappa shape index (κ2) is 13.4. The first kappa shape index (κ1) is 26.2. The van der Waals surface area contributed by atoms with Crippen LogP contribution in [0.1, 0.15) is 90.1 Å². The third-order valence-corrected chi connectivity index (χ3v) is 7.59. The molecule has 1 unspecified atom stereocenters. The summed E-state index contributed by atoms with van der Waals surface area (Å²) < 4.78 is 4.98. The molecule has 1 aromatic heterocycles. The lowest BCUT2D eigenvalue weighted by molar-refractivity contribution is 0.0439. The highest BCUT2D eigenvalue weighted by Gasteiger charge is 2.26. The third kappa shape index (κ3) is 7.02. The molecule has 6 heteroatoms. The number of hydrogen-bond acceptors (Lipinski definition) is 6. The molecule has 1 aromatic carbocycles. The number of thiophene rings is 1. The minimum Gasteiger partial charge on any atom is -0.459 e. The normalized spacial score (nSPS) is 16.5. The molecule has 0 aliphatic heterocycles. The molecule has 0 bridgehead atoms. The van der Waals surface area contributed by atoms with Crippen molar-refractivity contribution in [2.45, 2.75) is 70.8 Å². The van der Waals surface area contributed by atoms with Crippen LogP contribution in [0.25, 0.3) is 5.57 Å². The standard InChI is InChI=1S/C28H35NO4S/c1-2-3-4-8-25(31)20-9-11-22(12-10-20)27-21(13-14-23(27)19-29)6-5-7-24-15-16-26(34-24)28(32)33-18-17-30/h9-12,15-16,21,25,30-31H,2-8,13-14,17-18H2,1H3/t21?,25-/m0/s1. The number of hydrogen-bond donors (Lipinski definition) is 2. The first-order chi connectivity index (χ1) is 16.6. The van der Waals surface area contributed by atoms with Crippen LogP contribution < -0.4 is 0 Å². The van der Waals surface area contributed by atoms with E-state index < -0.39 is 6.10 Å². The minimum absolute atomic E-state index is 0.0167. The van der Waals surface area contributed by atoms with Crippen LogP contribution in [-0.2, 0) is 11.2 Å². The van der Waals surface area contributed by atoms with E-state index in [-0.39, 0.29) is 19.2 Å². The van der Waals surface area contributed by atoms with Crippen LogP contribution in [0.3, 0.4) is 0 Å². The van der Waals surface area contributed by atoms with Gasteiger partial charge in [-0.25, -0.2) is 4.79 Å². The van der Waals surface area contributed by atoms with Gasteiger partial charge >= 0.3 is 5.97 Å². The summed E-state index contributed by atoms with van der Waals surface area (Å²) in [6.45, 7) is 2.01. The molecule has 0 radical (unpaired) electrons. The number of aryl methyl sites for hydroxylation is 1. The maximum atomic E-state index is 11.9. The minimum atomic E-state index is -0.430. The van der Waals surface area contributed by atoms with Gasteiger partial charge in [0, 0.05) is 10.5 Å². The largest absolute Gasteiger partial charge is 0.459 e. The quantitative estimate of drug-likeness (QED) is 0.262. The highest BCUT2D eigenvalue weighted by Crippen LogP contribution is 2.41.